The van der Waals surface area contributed by atoms with Crippen LogP contribution in [0, 0.1) is 0 Å². The zero-order valence-electron chi connectivity index (χ0n) is 31.1. The van der Waals surface area contributed by atoms with Crippen molar-refractivity contribution in [3.05, 3.63) is 32.6 Å². The smallest absolute Gasteiger partial charge is 0.330 e. The zero-order valence-corrected chi connectivity index (χ0v) is 31.1. The van der Waals surface area contributed by atoms with Crippen LogP contribution in [0.1, 0.15) is 141 Å². The van der Waals surface area contributed by atoms with E-state index in [1.54, 1.807) is 0 Å². The third kappa shape index (κ3) is 19.3. The van der Waals surface area contributed by atoms with Gasteiger partial charge in [-0.3, -0.25) is 38.4 Å². The molecular formula is C37H63N5O10. The first-order valence-electron chi connectivity index (χ1n) is 19.4. The average Bonchev–Trinajstić information content (AvgIpc) is 3.46. The summed E-state index contributed by atoms with van der Waals surface area (Å²) in [5, 5.41) is 34.0. The minimum Gasteiger partial charge on any atom is -0.480 e. The van der Waals surface area contributed by atoms with Crippen molar-refractivity contribution in [2.24, 2.45) is 0 Å². The normalized spacial score (nSPS) is 17.0. The van der Waals surface area contributed by atoms with E-state index in [0.29, 0.717) is 37.9 Å². The van der Waals surface area contributed by atoms with Gasteiger partial charge in [0, 0.05) is 44.1 Å². The summed E-state index contributed by atoms with van der Waals surface area (Å²) in [6.45, 7) is 2.65. The van der Waals surface area contributed by atoms with Gasteiger partial charge < -0.3 is 30.7 Å². The third-order valence-electron chi connectivity index (χ3n) is 9.44. The number of aromatic amines is 1. The summed E-state index contributed by atoms with van der Waals surface area (Å²) in [7, 11) is 0. The average molecular weight is 738 g/mol. The molecule has 0 aliphatic carbocycles. The summed E-state index contributed by atoms with van der Waals surface area (Å²) in [5.74, 6) is -2.02. The molecule has 1 aromatic rings. The molecule has 2 amide bonds. The monoisotopic (exact) mass is 737 g/mol. The van der Waals surface area contributed by atoms with Gasteiger partial charge in [-0.25, -0.2) is 4.79 Å². The van der Waals surface area contributed by atoms with Gasteiger partial charge in [0.2, 0.25) is 11.8 Å². The first-order valence-corrected chi connectivity index (χ1v) is 19.4. The highest BCUT2D eigenvalue weighted by Crippen LogP contribution is 2.27. The number of hydrogen-bond acceptors (Lipinski definition) is 9. The molecule has 1 aromatic heterocycles. The van der Waals surface area contributed by atoms with Gasteiger partial charge in [-0.15, -0.1) is 0 Å². The number of aliphatic hydroxyl groups excluding tert-OH is 1. The molecule has 1 fully saturated rings. The summed E-state index contributed by atoms with van der Waals surface area (Å²) >= 11 is 0. The number of aliphatic hydroxyl groups is 1. The number of rotatable bonds is 30. The molecule has 0 saturated carbocycles. The Labute approximate surface area is 306 Å². The number of ether oxygens (including phenoxy) is 1. The summed E-state index contributed by atoms with van der Waals surface area (Å²) < 4.78 is 7.13. The van der Waals surface area contributed by atoms with Crippen molar-refractivity contribution in [1.29, 1.82) is 0 Å². The summed E-state index contributed by atoms with van der Waals surface area (Å²) in [4.78, 5) is 73.9. The van der Waals surface area contributed by atoms with Gasteiger partial charge in [0.25, 0.3) is 5.56 Å². The maximum Gasteiger partial charge on any atom is 0.330 e. The Kier molecular flexibility index (Phi) is 22.5. The second-order valence-electron chi connectivity index (χ2n) is 13.9. The first kappa shape index (κ1) is 44.6. The molecule has 6 N–H and O–H groups in total. The van der Waals surface area contributed by atoms with E-state index in [2.05, 4.69) is 15.6 Å². The molecule has 3 atom stereocenters. The molecule has 0 spiro atoms. The van der Waals surface area contributed by atoms with E-state index >= 15 is 0 Å². The maximum absolute atomic E-state index is 12.3. The lowest BCUT2D eigenvalue weighted by Gasteiger charge is -2.17. The van der Waals surface area contributed by atoms with Crippen LogP contribution >= 0.6 is 0 Å². The number of carboxylic acid groups (broad SMARTS) is 2. The van der Waals surface area contributed by atoms with Gasteiger partial charge in [-0.05, 0) is 38.6 Å². The molecule has 1 saturated heterocycles. The quantitative estimate of drug-likeness (QED) is 0.0628. The van der Waals surface area contributed by atoms with Gasteiger partial charge in [-0.1, -0.05) is 84.0 Å². The maximum atomic E-state index is 12.3. The van der Waals surface area contributed by atoms with Gasteiger partial charge in [0.15, 0.2) is 0 Å². The number of aromatic nitrogens is 2. The minimum absolute atomic E-state index is 0.0967. The number of aliphatic carboxylic acids is 2. The molecule has 52 heavy (non-hydrogen) atoms. The molecule has 2 heterocycles. The Morgan fingerprint density at radius 2 is 1.29 bits per heavy atom. The van der Waals surface area contributed by atoms with Crippen molar-refractivity contribution in [3.63, 3.8) is 0 Å². The van der Waals surface area contributed by atoms with Crippen molar-refractivity contribution in [2.75, 3.05) is 32.7 Å². The number of unbranched alkanes of at least 4 members (excludes halogenated alkanes) is 14. The number of nitrogens with one attached hydrogen (secondary N) is 3. The molecule has 296 valence electrons. The topological polar surface area (TPSA) is 220 Å². The van der Waals surface area contributed by atoms with Crippen LogP contribution < -0.4 is 21.9 Å². The first-order chi connectivity index (χ1) is 25.0. The van der Waals surface area contributed by atoms with Gasteiger partial charge in [0.1, 0.15) is 12.3 Å². The van der Waals surface area contributed by atoms with E-state index in [1.807, 2.05) is 6.92 Å². The lowest BCUT2D eigenvalue weighted by Crippen LogP contribution is -2.37. The van der Waals surface area contributed by atoms with E-state index in [9.17, 15) is 33.9 Å². The van der Waals surface area contributed by atoms with Crippen molar-refractivity contribution >= 4 is 23.8 Å². The fourth-order valence-corrected chi connectivity index (χ4v) is 6.43. The van der Waals surface area contributed by atoms with E-state index in [4.69, 9.17) is 14.9 Å². The van der Waals surface area contributed by atoms with Crippen molar-refractivity contribution in [2.45, 2.75) is 154 Å². The van der Waals surface area contributed by atoms with Crippen molar-refractivity contribution < 1.29 is 39.2 Å². The van der Waals surface area contributed by atoms with Crippen LogP contribution in [-0.4, -0.2) is 98.5 Å². The number of carboxylic acids is 2. The van der Waals surface area contributed by atoms with Crippen LogP contribution in [0.25, 0.3) is 0 Å². The van der Waals surface area contributed by atoms with Crippen LogP contribution in [0.2, 0.25) is 0 Å². The van der Waals surface area contributed by atoms with Crippen molar-refractivity contribution in [1.82, 2.24) is 25.1 Å². The molecule has 1 aliphatic heterocycles. The lowest BCUT2D eigenvalue weighted by molar-refractivity contribution is -0.141. The molecule has 0 unspecified atom stereocenters. The van der Waals surface area contributed by atoms with Gasteiger partial charge >= 0.3 is 17.6 Å². The fraction of sp³-hybridized carbons (Fsp3) is 0.784. The third-order valence-corrected chi connectivity index (χ3v) is 9.44. The molecule has 15 heteroatoms. The standard InChI is InChI=1S/C37H63N5O10/c1-2-28-25-42(37(51)40-36(28)50)33-23-29(43)30(52-33)24-39-32(45)20-16-12-7-3-5-9-13-17-21-38-31(44)19-15-11-8-4-6-10-14-18-22-41(26-34(46)47)27-35(48)49/h25,29-30,33,43H,2-24,26-27H2,1H3,(H,38,44)(H,39,45)(H,46,47)(H,48,49)(H,40,50,51)/t29-,30+,33+/m0/s1. The Morgan fingerprint density at radius 1 is 0.788 bits per heavy atom. The number of hydrogen-bond donors (Lipinski definition) is 6. The summed E-state index contributed by atoms with van der Waals surface area (Å²) in [5.41, 5.74) is -0.556. The summed E-state index contributed by atoms with van der Waals surface area (Å²) in [6, 6.07) is 0. The number of nitrogens with zero attached hydrogens (tertiary/aromatic N) is 2. The minimum atomic E-state index is -1.02. The van der Waals surface area contributed by atoms with E-state index in [-0.39, 0.29) is 37.9 Å². The molecule has 0 radical (unpaired) electrons. The SMILES string of the molecule is CCc1cn([C@H]2C[C@H](O)[C@@H](CNC(=O)CCCCCCCCCCNC(=O)CCCCCCCCCCN(CC(=O)O)CC(=O)O)O2)c(=O)[nH]c1=O. The molecule has 0 aromatic carbocycles. The Bertz CT molecular complexity index is 1320. The van der Waals surface area contributed by atoms with E-state index in [1.165, 1.54) is 15.7 Å². The highest BCUT2D eigenvalue weighted by molar-refractivity contribution is 5.76. The van der Waals surface area contributed by atoms with Crippen molar-refractivity contribution in [3.8, 4) is 0 Å². The van der Waals surface area contributed by atoms with Crippen LogP contribution in [0.3, 0.4) is 0 Å². The number of carbonyl (C=O) groups excluding carboxylic acids is 2. The predicted octanol–water partition coefficient (Wildman–Crippen LogP) is 3.47. The number of carbonyl (C=O) groups is 4. The molecular weight excluding hydrogens is 674 g/mol. The fourth-order valence-electron chi connectivity index (χ4n) is 6.43. The second-order valence-corrected chi connectivity index (χ2v) is 13.9. The Balaban J connectivity index is 1.36. The molecule has 0 bridgehead atoms. The van der Waals surface area contributed by atoms with E-state index < -0.39 is 41.6 Å². The summed E-state index contributed by atoms with van der Waals surface area (Å²) in [6.07, 6.45) is 17.1. The molecule has 2 rings (SSSR count). The highest BCUT2D eigenvalue weighted by atomic mass is 16.5. The van der Waals surface area contributed by atoms with Gasteiger partial charge in [0.05, 0.1) is 19.2 Å². The zero-order chi connectivity index (χ0) is 38.1. The van der Waals surface area contributed by atoms with E-state index in [0.717, 1.165) is 103 Å². The number of H-pyrrole nitrogens is 1. The number of aryl methyl sites for hydroxylation is 1. The largest absolute Gasteiger partial charge is 0.480 e. The molecule has 15 nitrogen and oxygen atoms in total. The number of amides is 2. The second kappa shape index (κ2) is 26.2. The van der Waals surface area contributed by atoms with Crippen LogP contribution in [-0.2, 0) is 30.3 Å². The highest BCUT2D eigenvalue weighted by Gasteiger charge is 2.35. The predicted molar refractivity (Wildman–Crippen MR) is 196 cm³/mol. The van der Waals surface area contributed by atoms with Gasteiger partial charge in [-0.2, -0.15) is 0 Å². The molecule has 1 aliphatic rings. The Morgan fingerprint density at radius 3 is 1.83 bits per heavy atom. The van der Waals surface area contributed by atoms with Crippen LogP contribution in [0.15, 0.2) is 15.8 Å². The Hall–Kier alpha value is -3.56. The lowest BCUT2D eigenvalue weighted by atomic mass is 10.1. The van der Waals surface area contributed by atoms with Crippen LogP contribution in [0.5, 0.6) is 0 Å². The van der Waals surface area contributed by atoms with Crippen LogP contribution in [0.4, 0.5) is 0 Å².